The van der Waals surface area contributed by atoms with E-state index < -0.39 is 28.5 Å². The normalized spacial score (nSPS) is 12.7. The summed E-state index contributed by atoms with van der Waals surface area (Å²) in [5, 5.41) is 3.01. The summed E-state index contributed by atoms with van der Waals surface area (Å²) in [5.74, 6) is -1.07. The zero-order valence-corrected chi connectivity index (χ0v) is 25.1. The standard InChI is InChI=1S/C32H39N3O5S/c1-6-24(3)33-32(38)30(19-26-11-8-7-9-12-26)34(21-27-17-15-23(2)16-18-27)31(37)22-35(41(5,39)40)29-14-10-13-28(20-29)25(4)36/h7-18,20,24,30H,6,19,21-22H2,1-5H3,(H,33,38). The van der Waals surface area contributed by atoms with Crippen molar-refractivity contribution in [2.24, 2.45) is 0 Å². The zero-order chi connectivity index (χ0) is 30.2. The number of nitrogens with zero attached hydrogens (tertiary/aromatic N) is 2. The van der Waals surface area contributed by atoms with Crippen LogP contribution >= 0.6 is 0 Å². The van der Waals surface area contributed by atoms with E-state index >= 15 is 0 Å². The first-order chi connectivity index (χ1) is 19.4. The average molecular weight is 578 g/mol. The number of carbonyl (C=O) groups excluding carboxylic acids is 3. The van der Waals surface area contributed by atoms with Crippen molar-refractivity contribution >= 4 is 33.3 Å². The number of benzene rings is 3. The predicted octanol–water partition coefficient (Wildman–Crippen LogP) is 4.52. The van der Waals surface area contributed by atoms with E-state index in [1.807, 2.05) is 75.4 Å². The second kappa shape index (κ2) is 14.1. The first kappa shape index (κ1) is 31.5. The number of hydrogen-bond donors (Lipinski definition) is 1. The van der Waals surface area contributed by atoms with Crippen LogP contribution in [0.1, 0.15) is 54.2 Å². The molecule has 0 bridgehead atoms. The number of aryl methyl sites for hydroxylation is 1. The van der Waals surface area contributed by atoms with Crippen molar-refractivity contribution in [2.75, 3.05) is 17.1 Å². The maximum absolute atomic E-state index is 14.1. The minimum Gasteiger partial charge on any atom is -0.352 e. The van der Waals surface area contributed by atoms with Crippen LogP contribution in [0.25, 0.3) is 0 Å². The van der Waals surface area contributed by atoms with E-state index in [1.54, 1.807) is 18.2 Å². The highest BCUT2D eigenvalue weighted by Gasteiger charge is 2.33. The van der Waals surface area contributed by atoms with Crippen molar-refractivity contribution in [3.05, 3.63) is 101 Å². The third-order valence-electron chi connectivity index (χ3n) is 6.97. The lowest BCUT2D eigenvalue weighted by Crippen LogP contribution is -2.54. The Morgan fingerprint density at radius 2 is 1.56 bits per heavy atom. The summed E-state index contributed by atoms with van der Waals surface area (Å²) in [6.07, 6.45) is 1.98. The van der Waals surface area contributed by atoms with Crippen LogP contribution in [0, 0.1) is 6.92 Å². The molecule has 2 atom stereocenters. The molecule has 1 N–H and O–H groups in total. The van der Waals surface area contributed by atoms with Gasteiger partial charge in [0.25, 0.3) is 0 Å². The highest BCUT2D eigenvalue weighted by molar-refractivity contribution is 7.92. The van der Waals surface area contributed by atoms with E-state index in [-0.39, 0.29) is 36.4 Å². The van der Waals surface area contributed by atoms with Gasteiger partial charge in [-0.3, -0.25) is 18.7 Å². The third-order valence-corrected chi connectivity index (χ3v) is 8.11. The van der Waals surface area contributed by atoms with Crippen LogP contribution in [-0.2, 0) is 32.6 Å². The fourth-order valence-corrected chi connectivity index (χ4v) is 5.22. The van der Waals surface area contributed by atoms with Crippen LogP contribution in [0.4, 0.5) is 5.69 Å². The number of Topliss-reactive ketones (excluding diaryl/α,β-unsaturated/α-hetero) is 1. The van der Waals surface area contributed by atoms with Gasteiger partial charge in [-0.05, 0) is 50.5 Å². The second-order valence-electron chi connectivity index (χ2n) is 10.4. The van der Waals surface area contributed by atoms with E-state index in [0.29, 0.717) is 12.0 Å². The van der Waals surface area contributed by atoms with Crippen LogP contribution in [0.2, 0.25) is 0 Å². The smallest absolute Gasteiger partial charge is 0.244 e. The molecule has 3 rings (SSSR count). The summed E-state index contributed by atoms with van der Waals surface area (Å²) < 4.78 is 26.9. The highest BCUT2D eigenvalue weighted by Crippen LogP contribution is 2.22. The van der Waals surface area contributed by atoms with Gasteiger partial charge in [0.15, 0.2) is 5.78 Å². The molecular formula is C32H39N3O5S. The molecule has 218 valence electrons. The molecule has 0 saturated heterocycles. The van der Waals surface area contributed by atoms with Crippen molar-refractivity contribution in [1.82, 2.24) is 10.2 Å². The van der Waals surface area contributed by atoms with Crippen molar-refractivity contribution in [1.29, 1.82) is 0 Å². The largest absolute Gasteiger partial charge is 0.352 e. The molecule has 0 spiro atoms. The van der Waals surface area contributed by atoms with Crippen LogP contribution < -0.4 is 9.62 Å². The molecule has 41 heavy (non-hydrogen) atoms. The van der Waals surface area contributed by atoms with E-state index in [2.05, 4.69) is 5.32 Å². The highest BCUT2D eigenvalue weighted by atomic mass is 32.2. The molecule has 8 nitrogen and oxygen atoms in total. The summed E-state index contributed by atoms with van der Waals surface area (Å²) in [6, 6.07) is 22.2. The van der Waals surface area contributed by atoms with Gasteiger partial charge >= 0.3 is 0 Å². The number of ketones is 1. The predicted molar refractivity (Wildman–Crippen MR) is 162 cm³/mol. The molecule has 2 unspecified atom stereocenters. The first-order valence-corrected chi connectivity index (χ1v) is 15.5. The summed E-state index contributed by atoms with van der Waals surface area (Å²) in [4.78, 5) is 41.3. The van der Waals surface area contributed by atoms with E-state index in [4.69, 9.17) is 0 Å². The van der Waals surface area contributed by atoms with Gasteiger partial charge in [-0.15, -0.1) is 0 Å². The molecule has 0 aliphatic carbocycles. The summed E-state index contributed by atoms with van der Waals surface area (Å²) in [5.41, 5.74) is 3.26. The molecule has 0 fully saturated rings. The topological polar surface area (TPSA) is 104 Å². The van der Waals surface area contributed by atoms with Crippen molar-refractivity contribution in [3.63, 3.8) is 0 Å². The molecular weight excluding hydrogens is 538 g/mol. The Bertz CT molecular complexity index is 1460. The number of amides is 2. The molecule has 0 heterocycles. The molecule has 0 aliphatic rings. The van der Waals surface area contributed by atoms with Gasteiger partial charge in [-0.25, -0.2) is 8.42 Å². The van der Waals surface area contributed by atoms with E-state index in [0.717, 1.165) is 27.3 Å². The van der Waals surface area contributed by atoms with Crippen molar-refractivity contribution < 1.29 is 22.8 Å². The summed E-state index contributed by atoms with van der Waals surface area (Å²) in [7, 11) is -3.92. The van der Waals surface area contributed by atoms with Gasteiger partial charge in [-0.2, -0.15) is 0 Å². The quantitative estimate of drug-likeness (QED) is 0.301. The Morgan fingerprint density at radius 1 is 0.902 bits per heavy atom. The van der Waals surface area contributed by atoms with Crippen molar-refractivity contribution in [2.45, 2.75) is 59.2 Å². The van der Waals surface area contributed by atoms with Crippen LogP contribution in [-0.4, -0.2) is 55.8 Å². The van der Waals surface area contributed by atoms with Gasteiger partial charge in [0.05, 0.1) is 11.9 Å². The zero-order valence-electron chi connectivity index (χ0n) is 24.3. The number of anilines is 1. The third kappa shape index (κ3) is 9.01. The van der Waals surface area contributed by atoms with Crippen LogP contribution in [0.15, 0.2) is 78.9 Å². The lowest BCUT2D eigenvalue weighted by atomic mass is 10.0. The second-order valence-corrected chi connectivity index (χ2v) is 12.3. The Kier molecular flexibility index (Phi) is 10.8. The van der Waals surface area contributed by atoms with Gasteiger partial charge in [-0.1, -0.05) is 79.2 Å². The Hall–Kier alpha value is -3.98. The monoisotopic (exact) mass is 577 g/mol. The maximum atomic E-state index is 14.1. The first-order valence-electron chi connectivity index (χ1n) is 13.7. The molecule has 0 radical (unpaired) electrons. The fraction of sp³-hybridized carbons (Fsp3) is 0.344. The number of hydrogen-bond acceptors (Lipinski definition) is 5. The maximum Gasteiger partial charge on any atom is 0.244 e. The summed E-state index contributed by atoms with van der Waals surface area (Å²) >= 11 is 0. The fourth-order valence-electron chi connectivity index (χ4n) is 4.38. The molecule has 0 saturated carbocycles. The van der Waals surface area contributed by atoms with E-state index in [9.17, 15) is 22.8 Å². The van der Waals surface area contributed by atoms with E-state index in [1.165, 1.54) is 17.9 Å². The average Bonchev–Trinajstić information content (AvgIpc) is 2.94. The molecule has 3 aromatic carbocycles. The molecule has 9 heteroatoms. The number of nitrogens with one attached hydrogen (secondary N) is 1. The minimum absolute atomic E-state index is 0.107. The number of rotatable bonds is 13. The Morgan fingerprint density at radius 3 is 2.15 bits per heavy atom. The Balaban J connectivity index is 2.07. The molecule has 3 aromatic rings. The van der Waals surface area contributed by atoms with Gasteiger partial charge in [0, 0.05) is 24.6 Å². The van der Waals surface area contributed by atoms with Gasteiger partial charge in [0.2, 0.25) is 21.8 Å². The molecule has 0 aromatic heterocycles. The number of sulfonamides is 1. The minimum atomic E-state index is -3.92. The van der Waals surface area contributed by atoms with Crippen molar-refractivity contribution in [3.8, 4) is 0 Å². The molecule has 2 amide bonds. The lowest BCUT2D eigenvalue weighted by Gasteiger charge is -2.34. The number of carbonyl (C=O) groups is 3. The van der Waals surface area contributed by atoms with Gasteiger partial charge in [0.1, 0.15) is 12.6 Å². The van der Waals surface area contributed by atoms with Gasteiger partial charge < -0.3 is 10.2 Å². The molecule has 0 aliphatic heterocycles. The van der Waals surface area contributed by atoms with Crippen LogP contribution in [0.5, 0.6) is 0 Å². The Labute approximate surface area is 243 Å². The summed E-state index contributed by atoms with van der Waals surface area (Å²) in [6.45, 7) is 6.79. The van der Waals surface area contributed by atoms with Crippen LogP contribution in [0.3, 0.4) is 0 Å². The SMILES string of the molecule is CCC(C)NC(=O)C(Cc1ccccc1)N(Cc1ccc(C)cc1)C(=O)CN(c1cccc(C(C)=O)c1)S(C)(=O)=O. The lowest BCUT2D eigenvalue weighted by molar-refractivity contribution is -0.140.